The molecule has 1 saturated heterocycles. The van der Waals surface area contributed by atoms with Crippen molar-refractivity contribution in [3.8, 4) is 11.8 Å². The van der Waals surface area contributed by atoms with Crippen molar-refractivity contribution in [2.45, 2.75) is 45.3 Å². The van der Waals surface area contributed by atoms with Crippen molar-refractivity contribution in [1.29, 1.82) is 0 Å². The lowest BCUT2D eigenvalue weighted by molar-refractivity contribution is -0.429. The molecule has 0 N–H and O–H groups in total. The lowest BCUT2D eigenvalue weighted by Gasteiger charge is -2.31. The van der Waals surface area contributed by atoms with Gasteiger partial charge in [0.05, 0.1) is 13.2 Å². The first kappa shape index (κ1) is 11.5. The summed E-state index contributed by atoms with van der Waals surface area (Å²) in [6.45, 7) is 4.98. The maximum atomic E-state index is 5.49. The molecule has 0 radical (unpaired) electrons. The molecular formula is C11H18O3. The Morgan fingerprint density at radius 2 is 2.29 bits per heavy atom. The molecule has 0 amide bonds. The monoisotopic (exact) mass is 198 g/mol. The predicted octanol–water partition coefficient (Wildman–Crippen LogP) is 2.26. The normalized spacial score (nSPS) is 26.7. The highest BCUT2D eigenvalue weighted by atomic mass is 17.2. The van der Waals surface area contributed by atoms with Crippen molar-refractivity contribution in [3.63, 3.8) is 0 Å². The molecule has 1 aliphatic rings. The molecular weight excluding hydrogens is 180 g/mol. The lowest BCUT2D eigenvalue weighted by Crippen LogP contribution is -2.36. The summed E-state index contributed by atoms with van der Waals surface area (Å²) in [5.41, 5.74) is 0. The molecule has 80 valence electrons. The molecule has 0 aliphatic carbocycles. The fraction of sp³-hybridized carbons (Fsp3) is 0.818. The molecule has 1 unspecified atom stereocenters. The quantitative estimate of drug-likeness (QED) is 0.300. The minimum atomic E-state index is -0.544. The summed E-state index contributed by atoms with van der Waals surface area (Å²) < 4.78 is 5.49. The van der Waals surface area contributed by atoms with Crippen LogP contribution in [0.25, 0.3) is 0 Å². The molecule has 0 saturated carbocycles. The number of hydrogen-bond donors (Lipinski definition) is 0. The van der Waals surface area contributed by atoms with Crippen LogP contribution in [0.1, 0.15) is 39.5 Å². The van der Waals surface area contributed by atoms with Crippen molar-refractivity contribution >= 4 is 0 Å². The highest BCUT2D eigenvalue weighted by Crippen LogP contribution is 2.25. The molecule has 1 heterocycles. The van der Waals surface area contributed by atoms with E-state index >= 15 is 0 Å². The minimum Gasteiger partial charge on any atom is -0.348 e. The SMILES string of the molecule is CC#CCCOOC1(C)CCCCO1. The second kappa shape index (κ2) is 6.02. The maximum absolute atomic E-state index is 5.49. The highest BCUT2D eigenvalue weighted by Gasteiger charge is 2.29. The summed E-state index contributed by atoms with van der Waals surface area (Å²) in [5.74, 6) is 5.16. The topological polar surface area (TPSA) is 27.7 Å². The zero-order valence-corrected chi connectivity index (χ0v) is 8.97. The third-order valence-electron chi connectivity index (χ3n) is 2.16. The van der Waals surface area contributed by atoms with Crippen LogP contribution in [-0.4, -0.2) is 19.0 Å². The first-order valence-electron chi connectivity index (χ1n) is 5.11. The van der Waals surface area contributed by atoms with Gasteiger partial charge in [-0.2, -0.15) is 0 Å². The molecule has 0 aromatic carbocycles. The van der Waals surface area contributed by atoms with Crippen LogP contribution < -0.4 is 0 Å². The molecule has 0 aromatic rings. The average molecular weight is 198 g/mol. The van der Waals surface area contributed by atoms with Crippen LogP contribution in [0, 0.1) is 11.8 Å². The Balaban J connectivity index is 2.11. The maximum Gasteiger partial charge on any atom is 0.198 e. The van der Waals surface area contributed by atoms with Gasteiger partial charge >= 0.3 is 0 Å². The Bertz CT molecular complexity index is 208. The van der Waals surface area contributed by atoms with E-state index in [0.29, 0.717) is 13.0 Å². The Hall–Kier alpha value is -0.560. The summed E-state index contributed by atoms with van der Waals surface area (Å²) in [5, 5.41) is 0. The fourth-order valence-corrected chi connectivity index (χ4v) is 1.36. The molecule has 3 nitrogen and oxygen atoms in total. The van der Waals surface area contributed by atoms with Crippen molar-refractivity contribution in [2.24, 2.45) is 0 Å². The van der Waals surface area contributed by atoms with Gasteiger partial charge < -0.3 is 4.74 Å². The smallest absolute Gasteiger partial charge is 0.198 e. The van der Waals surface area contributed by atoms with Crippen LogP contribution in [0.4, 0.5) is 0 Å². The number of ether oxygens (including phenoxy) is 1. The van der Waals surface area contributed by atoms with Crippen LogP contribution in [0.15, 0.2) is 0 Å². The van der Waals surface area contributed by atoms with Gasteiger partial charge in [0.15, 0.2) is 5.79 Å². The van der Waals surface area contributed by atoms with E-state index in [-0.39, 0.29) is 0 Å². The molecule has 14 heavy (non-hydrogen) atoms. The van der Waals surface area contributed by atoms with Crippen LogP contribution >= 0.6 is 0 Å². The summed E-state index contributed by atoms with van der Waals surface area (Å²) in [6.07, 6.45) is 3.84. The van der Waals surface area contributed by atoms with Gasteiger partial charge in [-0.3, -0.25) is 0 Å². The molecule has 0 aromatic heterocycles. The van der Waals surface area contributed by atoms with E-state index < -0.39 is 5.79 Å². The molecule has 0 spiro atoms. The van der Waals surface area contributed by atoms with Crippen molar-refractivity contribution in [2.75, 3.05) is 13.2 Å². The molecule has 1 aliphatic heterocycles. The number of rotatable bonds is 4. The number of hydrogen-bond acceptors (Lipinski definition) is 3. The Morgan fingerprint density at radius 3 is 2.93 bits per heavy atom. The van der Waals surface area contributed by atoms with Gasteiger partial charge in [-0.15, -0.1) is 11.8 Å². The standard InChI is InChI=1S/C11H18O3/c1-3-4-6-10-13-14-11(2)8-5-7-9-12-11/h5-10H2,1-2H3. The van der Waals surface area contributed by atoms with Crippen LogP contribution in [0.2, 0.25) is 0 Å². The van der Waals surface area contributed by atoms with Gasteiger partial charge in [-0.05, 0) is 26.7 Å². The van der Waals surface area contributed by atoms with E-state index in [9.17, 15) is 0 Å². The van der Waals surface area contributed by atoms with Crippen LogP contribution in [0.3, 0.4) is 0 Å². The average Bonchev–Trinajstić information content (AvgIpc) is 2.18. The summed E-state index contributed by atoms with van der Waals surface area (Å²) >= 11 is 0. The molecule has 0 bridgehead atoms. The zero-order chi connectivity index (χ0) is 10.3. The van der Waals surface area contributed by atoms with Crippen molar-refractivity contribution < 1.29 is 14.5 Å². The van der Waals surface area contributed by atoms with Crippen molar-refractivity contribution in [3.05, 3.63) is 0 Å². The Labute approximate surface area is 85.7 Å². The fourth-order valence-electron chi connectivity index (χ4n) is 1.36. The largest absolute Gasteiger partial charge is 0.348 e. The van der Waals surface area contributed by atoms with Crippen LogP contribution in [-0.2, 0) is 14.5 Å². The van der Waals surface area contributed by atoms with E-state index in [1.165, 1.54) is 0 Å². The third-order valence-corrected chi connectivity index (χ3v) is 2.16. The Morgan fingerprint density at radius 1 is 1.43 bits per heavy atom. The second-order valence-corrected chi connectivity index (χ2v) is 3.52. The summed E-state index contributed by atoms with van der Waals surface area (Å²) in [6, 6.07) is 0. The van der Waals surface area contributed by atoms with E-state index in [4.69, 9.17) is 14.5 Å². The van der Waals surface area contributed by atoms with E-state index in [1.807, 2.05) is 13.8 Å². The third kappa shape index (κ3) is 4.10. The second-order valence-electron chi connectivity index (χ2n) is 3.52. The van der Waals surface area contributed by atoms with E-state index in [2.05, 4.69) is 11.8 Å². The Kier molecular flexibility index (Phi) is 4.95. The van der Waals surface area contributed by atoms with E-state index in [1.54, 1.807) is 0 Å². The molecule has 1 atom stereocenters. The highest BCUT2D eigenvalue weighted by molar-refractivity contribution is 4.94. The first-order valence-corrected chi connectivity index (χ1v) is 5.11. The van der Waals surface area contributed by atoms with Crippen molar-refractivity contribution in [1.82, 2.24) is 0 Å². The summed E-state index contributed by atoms with van der Waals surface area (Å²) in [7, 11) is 0. The van der Waals surface area contributed by atoms with Gasteiger partial charge in [0.25, 0.3) is 0 Å². The van der Waals surface area contributed by atoms with E-state index in [0.717, 1.165) is 25.9 Å². The van der Waals surface area contributed by atoms with Gasteiger partial charge in [0, 0.05) is 12.8 Å². The lowest BCUT2D eigenvalue weighted by atomic mass is 10.1. The predicted molar refractivity (Wildman–Crippen MR) is 53.3 cm³/mol. The molecule has 1 rings (SSSR count). The summed E-state index contributed by atoms with van der Waals surface area (Å²) in [4.78, 5) is 10.3. The first-order chi connectivity index (χ1) is 6.77. The van der Waals surface area contributed by atoms with Gasteiger partial charge in [0.1, 0.15) is 0 Å². The van der Waals surface area contributed by atoms with Crippen LogP contribution in [0.5, 0.6) is 0 Å². The van der Waals surface area contributed by atoms with Gasteiger partial charge in [-0.1, -0.05) is 0 Å². The van der Waals surface area contributed by atoms with Gasteiger partial charge in [0.2, 0.25) is 0 Å². The zero-order valence-electron chi connectivity index (χ0n) is 8.97. The molecule has 3 heteroatoms. The minimum absolute atomic E-state index is 0.500. The molecule has 1 fully saturated rings. The van der Waals surface area contributed by atoms with Gasteiger partial charge in [-0.25, -0.2) is 9.78 Å².